The van der Waals surface area contributed by atoms with Gasteiger partial charge in [0.15, 0.2) is 0 Å². The van der Waals surface area contributed by atoms with Crippen molar-refractivity contribution >= 4 is 17.3 Å². The van der Waals surface area contributed by atoms with Gasteiger partial charge in [-0.3, -0.25) is 15.6 Å². The fraction of sp³-hybridized carbons (Fsp3) is 0.143. The number of anilines is 2. The van der Waals surface area contributed by atoms with Gasteiger partial charge in [0.05, 0.1) is 18.0 Å². The van der Waals surface area contributed by atoms with E-state index in [1.165, 1.54) is 6.20 Å². The number of nitrogen functional groups attached to an aromatic ring is 1. The third-order valence-electron chi connectivity index (χ3n) is 2.59. The molecule has 4 N–H and O–H groups in total. The molecule has 0 aliphatic carbocycles. The third-order valence-corrected chi connectivity index (χ3v) is 2.59. The van der Waals surface area contributed by atoms with Gasteiger partial charge >= 0.3 is 0 Å². The zero-order valence-electron chi connectivity index (χ0n) is 11.1. The zero-order valence-corrected chi connectivity index (χ0v) is 11.1. The minimum atomic E-state index is -0.325. The molecule has 0 radical (unpaired) electrons. The van der Waals surface area contributed by atoms with Crippen molar-refractivity contribution in [3.8, 4) is 5.75 Å². The van der Waals surface area contributed by atoms with Crippen molar-refractivity contribution in [3.63, 3.8) is 0 Å². The molecule has 0 atom stereocenters. The van der Waals surface area contributed by atoms with Gasteiger partial charge in [0.2, 0.25) is 0 Å². The normalized spacial score (nSPS) is 9.90. The first-order valence-corrected chi connectivity index (χ1v) is 6.20. The Bertz CT molecular complexity index is 601. The lowest BCUT2D eigenvalue weighted by molar-refractivity contribution is 0.102. The summed E-state index contributed by atoms with van der Waals surface area (Å²) in [5.41, 5.74) is 3.96. The van der Waals surface area contributed by atoms with Gasteiger partial charge in [0, 0.05) is 6.20 Å². The SMILES string of the molecule is CCOc1ccccc1NC(=O)c1cc(NN)ccn1. The minimum absolute atomic E-state index is 0.270. The van der Waals surface area contributed by atoms with E-state index in [0.29, 0.717) is 23.7 Å². The lowest BCUT2D eigenvalue weighted by Gasteiger charge is -2.11. The minimum Gasteiger partial charge on any atom is -0.492 e. The van der Waals surface area contributed by atoms with Gasteiger partial charge < -0.3 is 15.5 Å². The van der Waals surface area contributed by atoms with E-state index in [1.54, 1.807) is 24.3 Å². The van der Waals surface area contributed by atoms with Crippen molar-refractivity contribution in [1.82, 2.24) is 4.98 Å². The van der Waals surface area contributed by atoms with E-state index in [-0.39, 0.29) is 11.6 Å². The smallest absolute Gasteiger partial charge is 0.274 e. The molecule has 6 heteroatoms. The molecule has 1 amide bonds. The highest BCUT2D eigenvalue weighted by Gasteiger charge is 2.11. The molecule has 0 bridgehead atoms. The molecule has 2 rings (SSSR count). The Morgan fingerprint density at radius 1 is 1.35 bits per heavy atom. The van der Waals surface area contributed by atoms with Crippen LogP contribution in [0.1, 0.15) is 17.4 Å². The Hall–Kier alpha value is -2.60. The number of carbonyl (C=O) groups is 1. The number of carbonyl (C=O) groups excluding carboxylic acids is 1. The number of hydrazine groups is 1. The van der Waals surface area contributed by atoms with E-state index in [1.807, 2.05) is 19.1 Å². The van der Waals surface area contributed by atoms with E-state index < -0.39 is 0 Å². The van der Waals surface area contributed by atoms with Crippen LogP contribution in [-0.2, 0) is 0 Å². The van der Waals surface area contributed by atoms with E-state index in [9.17, 15) is 4.79 Å². The van der Waals surface area contributed by atoms with Crippen LogP contribution in [0.2, 0.25) is 0 Å². The Morgan fingerprint density at radius 3 is 2.90 bits per heavy atom. The van der Waals surface area contributed by atoms with Gasteiger partial charge in [-0.25, -0.2) is 0 Å². The molecule has 1 aromatic heterocycles. The topological polar surface area (TPSA) is 89.3 Å². The molecule has 0 saturated carbocycles. The predicted molar refractivity (Wildman–Crippen MR) is 77.6 cm³/mol. The van der Waals surface area contributed by atoms with Gasteiger partial charge in [-0.2, -0.15) is 0 Å². The second-order valence-electron chi connectivity index (χ2n) is 3.96. The zero-order chi connectivity index (χ0) is 14.4. The average Bonchev–Trinajstić information content (AvgIpc) is 2.49. The molecule has 6 nitrogen and oxygen atoms in total. The van der Waals surface area contributed by atoms with E-state index in [0.717, 1.165) is 0 Å². The highest BCUT2D eigenvalue weighted by Crippen LogP contribution is 2.24. The number of para-hydroxylation sites is 2. The Kier molecular flexibility index (Phi) is 4.52. The fourth-order valence-corrected chi connectivity index (χ4v) is 1.68. The van der Waals surface area contributed by atoms with Crippen LogP contribution < -0.4 is 21.3 Å². The third kappa shape index (κ3) is 3.24. The van der Waals surface area contributed by atoms with Gasteiger partial charge in [-0.05, 0) is 31.2 Å². The van der Waals surface area contributed by atoms with Crippen LogP contribution in [0.15, 0.2) is 42.6 Å². The van der Waals surface area contributed by atoms with Gasteiger partial charge in [-0.15, -0.1) is 0 Å². The monoisotopic (exact) mass is 272 g/mol. The average molecular weight is 272 g/mol. The molecule has 0 fully saturated rings. The predicted octanol–water partition coefficient (Wildman–Crippen LogP) is 2.02. The number of ether oxygens (including phenoxy) is 1. The number of nitrogens with two attached hydrogens (primary N) is 1. The number of nitrogens with zero attached hydrogens (tertiary/aromatic N) is 1. The van der Waals surface area contributed by atoms with Crippen LogP contribution in [0.5, 0.6) is 5.75 Å². The van der Waals surface area contributed by atoms with Crippen LogP contribution in [0.3, 0.4) is 0 Å². The number of hydrogen-bond acceptors (Lipinski definition) is 5. The number of benzene rings is 1. The molecule has 1 aromatic carbocycles. The summed E-state index contributed by atoms with van der Waals surface area (Å²) in [6, 6.07) is 10.5. The summed E-state index contributed by atoms with van der Waals surface area (Å²) >= 11 is 0. The molecule has 0 saturated heterocycles. The van der Waals surface area contributed by atoms with E-state index >= 15 is 0 Å². The van der Waals surface area contributed by atoms with Crippen molar-refractivity contribution in [2.75, 3.05) is 17.3 Å². The fourth-order valence-electron chi connectivity index (χ4n) is 1.68. The van der Waals surface area contributed by atoms with E-state index in [2.05, 4.69) is 15.7 Å². The number of nitrogens with one attached hydrogen (secondary N) is 2. The first-order chi connectivity index (χ1) is 9.74. The van der Waals surface area contributed by atoms with E-state index in [4.69, 9.17) is 10.6 Å². The quantitative estimate of drug-likeness (QED) is 0.572. The summed E-state index contributed by atoms with van der Waals surface area (Å²) in [6.07, 6.45) is 1.51. The molecular formula is C14H16N4O2. The Balaban J connectivity index is 2.19. The molecular weight excluding hydrogens is 256 g/mol. The maximum absolute atomic E-state index is 12.1. The van der Waals surface area contributed by atoms with Crippen molar-refractivity contribution in [3.05, 3.63) is 48.3 Å². The van der Waals surface area contributed by atoms with Crippen LogP contribution in [0.4, 0.5) is 11.4 Å². The molecule has 20 heavy (non-hydrogen) atoms. The number of aromatic nitrogens is 1. The van der Waals surface area contributed by atoms with Crippen LogP contribution in [-0.4, -0.2) is 17.5 Å². The summed E-state index contributed by atoms with van der Waals surface area (Å²) in [4.78, 5) is 16.2. The largest absolute Gasteiger partial charge is 0.492 e. The summed E-state index contributed by atoms with van der Waals surface area (Å²) in [5, 5.41) is 2.77. The first kappa shape index (κ1) is 13.8. The summed E-state index contributed by atoms with van der Waals surface area (Å²) in [6.45, 7) is 2.41. The molecule has 1 heterocycles. The number of pyridine rings is 1. The first-order valence-electron chi connectivity index (χ1n) is 6.20. The molecule has 0 unspecified atom stereocenters. The Morgan fingerprint density at radius 2 is 2.15 bits per heavy atom. The number of hydrogen-bond donors (Lipinski definition) is 3. The van der Waals surface area contributed by atoms with Crippen LogP contribution >= 0.6 is 0 Å². The summed E-state index contributed by atoms with van der Waals surface area (Å²) < 4.78 is 5.45. The lowest BCUT2D eigenvalue weighted by atomic mass is 10.2. The van der Waals surface area contributed by atoms with Gasteiger partial charge in [0.1, 0.15) is 11.4 Å². The van der Waals surface area contributed by atoms with Crippen molar-refractivity contribution in [2.45, 2.75) is 6.92 Å². The summed E-state index contributed by atoms with van der Waals surface area (Å²) in [5.74, 6) is 5.60. The highest BCUT2D eigenvalue weighted by atomic mass is 16.5. The lowest BCUT2D eigenvalue weighted by Crippen LogP contribution is -2.15. The van der Waals surface area contributed by atoms with Gasteiger partial charge in [-0.1, -0.05) is 12.1 Å². The molecule has 0 aliphatic rings. The molecule has 0 spiro atoms. The molecule has 2 aromatic rings. The van der Waals surface area contributed by atoms with Crippen molar-refractivity contribution in [1.29, 1.82) is 0 Å². The standard InChI is InChI=1S/C14H16N4O2/c1-2-20-13-6-4-3-5-11(13)17-14(19)12-9-10(18-15)7-8-16-12/h3-9H,2,15H2,1H3,(H,16,18)(H,17,19). The second kappa shape index (κ2) is 6.53. The van der Waals surface area contributed by atoms with Crippen molar-refractivity contribution < 1.29 is 9.53 Å². The number of amides is 1. The highest BCUT2D eigenvalue weighted by molar-refractivity contribution is 6.04. The second-order valence-corrected chi connectivity index (χ2v) is 3.96. The maximum atomic E-state index is 12.1. The van der Waals surface area contributed by atoms with Gasteiger partial charge in [0.25, 0.3) is 5.91 Å². The van der Waals surface area contributed by atoms with Crippen LogP contribution in [0.25, 0.3) is 0 Å². The molecule has 104 valence electrons. The van der Waals surface area contributed by atoms with Crippen molar-refractivity contribution in [2.24, 2.45) is 5.84 Å². The summed E-state index contributed by atoms with van der Waals surface area (Å²) in [7, 11) is 0. The maximum Gasteiger partial charge on any atom is 0.274 e. The Labute approximate surface area is 116 Å². The number of rotatable bonds is 5. The molecule has 0 aliphatic heterocycles. The van der Waals surface area contributed by atoms with Crippen LogP contribution in [0, 0.1) is 0 Å².